The van der Waals surface area contributed by atoms with E-state index < -0.39 is 11.9 Å². The van der Waals surface area contributed by atoms with Gasteiger partial charge in [0, 0.05) is 12.3 Å². The van der Waals surface area contributed by atoms with E-state index in [0.717, 1.165) is 25.7 Å². The number of hydrogen-bond acceptors (Lipinski definition) is 4. The first kappa shape index (κ1) is 16.9. The Morgan fingerprint density at radius 3 is 2.55 bits per heavy atom. The van der Waals surface area contributed by atoms with Gasteiger partial charge >= 0.3 is 5.97 Å². The summed E-state index contributed by atoms with van der Waals surface area (Å²) in [6, 6.07) is 0. The fourth-order valence-electron chi connectivity index (χ4n) is 3.20. The molecule has 0 bridgehead atoms. The maximum atomic E-state index is 12.0. The lowest BCUT2D eigenvalue weighted by atomic mass is 9.79. The Hall–Kier alpha value is -1.19. The molecule has 1 fully saturated rings. The van der Waals surface area contributed by atoms with Crippen LogP contribution in [0.25, 0.3) is 0 Å². The summed E-state index contributed by atoms with van der Waals surface area (Å²) in [6.45, 7) is 5.54. The molecule has 0 heterocycles. The molecule has 0 amide bonds. The third-order valence-corrected chi connectivity index (χ3v) is 4.18. The van der Waals surface area contributed by atoms with E-state index in [4.69, 9.17) is 4.74 Å². The minimum absolute atomic E-state index is 0.139. The molecule has 0 saturated heterocycles. The van der Waals surface area contributed by atoms with E-state index in [1.165, 1.54) is 6.92 Å². The van der Waals surface area contributed by atoms with Crippen molar-refractivity contribution in [3.05, 3.63) is 0 Å². The summed E-state index contributed by atoms with van der Waals surface area (Å²) in [5.74, 6) is -1.48. The largest absolute Gasteiger partial charge is 0.465 e. The van der Waals surface area contributed by atoms with Crippen molar-refractivity contribution < 1.29 is 19.1 Å². The van der Waals surface area contributed by atoms with Crippen LogP contribution in [0.15, 0.2) is 0 Å². The topological polar surface area (TPSA) is 60.4 Å². The standard InChI is InChI=1S/C16H26O4/c1-4-6-7-8-12-13(9-10-14(12)18)15(11(3)17)16(19)20-5-2/h12-13,15H,4-10H2,1-3H3. The minimum atomic E-state index is -0.756. The van der Waals surface area contributed by atoms with E-state index in [0.29, 0.717) is 12.8 Å². The van der Waals surface area contributed by atoms with Crippen molar-refractivity contribution >= 4 is 17.5 Å². The van der Waals surface area contributed by atoms with E-state index in [-0.39, 0.29) is 30.0 Å². The van der Waals surface area contributed by atoms with Gasteiger partial charge in [0.15, 0.2) is 0 Å². The lowest BCUT2D eigenvalue weighted by Gasteiger charge is -2.24. The van der Waals surface area contributed by atoms with E-state index >= 15 is 0 Å². The number of Topliss-reactive ketones (excluding diaryl/α,β-unsaturated/α-hetero) is 2. The van der Waals surface area contributed by atoms with Crippen LogP contribution in [0.5, 0.6) is 0 Å². The van der Waals surface area contributed by atoms with Gasteiger partial charge in [-0.3, -0.25) is 14.4 Å². The van der Waals surface area contributed by atoms with Crippen LogP contribution >= 0.6 is 0 Å². The summed E-state index contributed by atoms with van der Waals surface area (Å²) in [6.07, 6.45) is 5.08. The van der Waals surface area contributed by atoms with E-state index in [1.54, 1.807) is 6.92 Å². The second-order valence-corrected chi connectivity index (χ2v) is 5.61. The quantitative estimate of drug-likeness (QED) is 0.390. The monoisotopic (exact) mass is 282 g/mol. The summed E-state index contributed by atoms with van der Waals surface area (Å²) >= 11 is 0. The smallest absolute Gasteiger partial charge is 0.316 e. The Bertz CT molecular complexity index is 361. The van der Waals surface area contributed by atoms with Crippen LogP contribution in [0.4, 0.5) is 0 Å². The molecule has 0 spiro atoms. The molecule has 1 aliphatic carbocycles. The van der Waals surface area contributed by atoms with Gasteiger partial charge in [0.1, 0.15) is 17.5 Å². The lowest BCUT2D eigenvalue weighted by molar-refractivity contribution is -0.154. The van der Waals surface area contributed by atoms with Crippen molar-refractivity contribution in [1.29, 1.82) is 0 Å². The Labute approximate surface area is 121 Å². The summed E-state index contributed by atoms with van der Waals surface area (Å²) in [4.78, 5) is 35.8. The average molecular weight is 282 g/mol. The molecule has 20 heavy (non-hydrogen) atoms. The number of unbranched alkanes of at least 4 members (excludes halogenated alkanes) is 2. The summed E-state index contributed by atoms with van der Waals surface area (Å²) < 4.78 is 5.02. The van der Waals surface area contributed by atoms with Gasteiger partial charge < -0.3 is 4.74 Å². The van der Waals surface area contributed by atoms with Crippen molar-refractivity contribution in [2.45, 2.75) is 59.3 Å². The van der Waals surface area contributed by atoms with Crippen LogP contribution in [-0.2, 0) is 19.1 Å². The fourth-order valence-corrected chi connectivity index (χ4v) is 3.20. The number of carbonyl (C=O) groups is 3. The van der Waals surface area contributed by atoms with Crippen molar-refractivity contribution in [3.8, 4) is 0 Å². The van der Waals surface area contributed by atoms with Gasteiger partial charge in [0.25, 0.3) is 0 Å². The van der Waals surface area contributed by atoms with E-state index in [1.807, 2.05) is 0 Å². The van der Waals surface area contributed by atoms with Gasteiger partial charge in [0.2, 0.25) is 0 Å². The first-order valence-corrected chi connectivity index (χ1v) is 7.72. The van der Waals surface area contributed by atoms with Crippen LogP contribution in [0.2, 0.25) is 0 Å². The zero-order valence-electron chi connectivity index (χ0n) is 12.8. The maximum Gasteiger partial charge on any atom is 0.316 e. The number of esters is 1. The van der Waals surface area contributed by atoms with Gasteiger partial charge in [-0.15, -0.1) is 0 Å². The molecule has 0 aliphatic heterocycles. The molecule has 4 nitrogen and oxygen atoms in total. The summed E-state index contributed by atoms with van der Waals surface area (Å²) in [5, 5.41) is 0. The summed E-state index contributed by atoms with van der Waals surface area (Å²) in [7, 11) is 0. The van der Waals surface area contributed by atoms with E-state index in [9.17, 15) is 14.4 Å². The highest BCUT2D eigenvalue weighted by Crippen LogP contribution is 2.38. The summed E-state index contributed by atoms with van der Waals surface area (Å²) in [5.41, 5.74) is 0. The van der Waals surface area contributed by atoms with Crippen LogP contribution < -0.4 is 0 Å². The molecule has 0 aromatic heterocycles. The molecule has 114 valence electrons. The third kappa shape index (κ3) is 4.15. The predicted molar refractivity (Wildman–Crippen MR) is 76.2 cm³/mol. The first-order chi connectivity index (χ1) is 9.52. The molecule has 0 radical (unpaired) electrons. The van der Waals surface area contributed by atoms with Crippen molar-refractivity contribution in [3.63, 3.8) is 0 Å². The maximum absolute atomic E-state index is 12.0. The number of ether oxygens (including phenoxy) is 1. The molecule has 3 atom stereocenters. The highest BCUT2D eigenvalue weighted by atomic mass is 16.5. The van der Waals surface area contributed by atoms with Gasteiger partial charge in [0.05, 0.1) is 6.61 Å². The van der Waals surface area contributed by atoms with Crippen LogP contribution in [-0.4, -0.2) is 24.1 Å². The van der Waals surface area contributed by atoms with Crippen molar-refractivity contribution in [2.24, 2.45) is 17.8 Å². The van der Waals surface area contributed by atoms with Crippen LogP contribution in [0.3, 0.4) is 0 Å². The normalized spacial score (nSPS) is 23.6. The molecule has 1 aliphatic rings. The van der Waals surface area contributed by atoms with Gasteiger partial charge in [-0.1, -0.05) is 26.2 Å². The van der Waals surface area contributed by atoms with Gasteiger partial charge in [-0.25, -0.2) is 0 Å². The van der Waals surface area contributed by atoms with Crippen molar-refractivity contribution in [1.82, 2.24) is 0 Å². The zero-order valence-corrected chi connectivity index (χ0v) is 12.8. The first-order valence-electron chi connectivity index (χ1n) is 7.72. The van der Waals surface area contributed by atoms with Crippen LogP contribution in [0.1, 0.15) is 59.3 Å². The number of carbonyl (C=O) groups excluding carboxylic acids is 3. The Balaban J connectivity index is 2.79. The molecule has 3 unspecified atom stereocenters. The van der Waals surface area contributed by atoms with Gasteiger partial charge in [-0.2, -0.15) is 0 Å². The highest BCUT2D eigenvalue weighted by Gasteiger charge is 2.44. The molecule has 0 aromatic rings. The Morgan fingerprint density at radius 1 is 1.30 bits per heavy atom. The molecule has 0 aromatic carbocycles. The number of hydrogen-bond donors (Lipinski definition) is 0. The van der Waals surface area contributed by atoms with E-state index in [2.05, 4.69) is 6.92 Å². The molecular weight excluding hydrogens is 256 g/mol. The zero-order chi connectivity index (χ0) is 15.1. The van der Waals surface area contributed by atoms with Crippen molar-refractivity contribution in [2.75, 3.05) is 6.61 Å². The van der Waals surface area contributed by atoms with Crippen LogP contribution in [0, 0.1) is 17.8 Å². The molecule has 4 heteroatoms. The molecule has 1 saturated carbocycles. The lowest BCUT2D eigenvalue weighted by Crippen LogP contribution is -2.34. The number of rotatable bonds is 8. The SMILES string of the molecule is CCCCCC1C(=O)CCC1C(C(C)=O)C(=O)OCC. The Morgan fingerprint density at radius 2 is 2.00 bits per heavy atom. The molecule has 1 rings (SSSR count). The minimum Gasteiger partial charge on any atom is -0.465 e. The van der Waals surface area contributed by atoms with Gasteiger partial charge in [-0.05, 0) is 32.6 Å². The average Bonchev–Trinajstić information content (AvgIpc) is 2.72. The molecular formula is C16H26O4. The fraction of sp³-hybridized carbons (Fsp3) is 0.812. The second kappa shape index (κ2) is 8.18. The molecule has 0 N–H and O–H groups in total. The Kier molecular flexibility index (Phi) is 6.89. The third-order valence-electron chi connectivity index (χ3n) is 4.18. The second-order valence-electron chi connectivity index (χ2n) is 5.61. The number of ketones is 2. The highest BCUT2D eigenvalue weighted by molar-refractivity contribution is 5.99. The predicted octanol–water partition coefficient (Wildman–Crippen LogP) is 2.93.